The third-order valence-electron chi connectivity index (χ3n) is 6.91. The van der Waals surface area contributed by atoms with Gasteiger partial charge in [0.15, 0.2) is 22.6 Å². The lowest BCUT2D eigenvalue weighted by molar-refractivity contribution is 0.183. The molecule has 8 nitrogen and oxygen atoms in total. The van der Waals surface area contributed by atoms with Gasteiger partial charge in [0.2, 0.25) is 0 Å². The molecule has 0 bridgehead atoms. The Bertz CT molecular complexity index is 1430. The van der Waals surface area contributed by atoms with Crippen molar-refractivity contribution in [1.29, 1.82) is 0 Å². The Morgan fingerprint density at radius 3 is 2.81 bits per heavy atom. The molecule has 11 heteroatoms. The van der Waals surface area contributed by atoms with Gasteiger partial charge in [0, 0.05) is 36.4 Å². The number of nitrogens with zero attached hydrogens (tertiary/aromatic N) is 4. The predicted octanol–water partition coefficient (Wildman–Crippen LogP) is 3.99. The molecular weight excluding hydrogens is 486 g/mol. The van der Waals surface area contributed by atoms with Crippen LogP contribution in [0.1, 0.15) is 19.4 Å². The quantitative estimate of drug-likeness (QED) is 0.460. The van der Waals surface area contributed by atoms with E-state index in [1.54, 1.807) is 26.2 Å². The lowest BCUT2D eigenvalue weighted by atomic mass is 9.84. The van der Waals surface area contributed by atoms with Crippen LogP contribution in [-0.4, -0.2) is 45.2 Å². The zero-order valence-electron chi connectivity index (χ0n) is 19.9. The van der Waals surface area contributed by atoms with E-state index in [1.807, 2.05) is 0 Å². The summed E-state index contributed by atoms with van der Waals surface area (Å²) in [5.74, 6) is 1.24. The Labute approximate surface area is 211 Å². The lowest BCUT2D eigenvalue weighted by Crippen LogP contribution is -2.37. The molecule has 3 heterocycles. The molecule has 1 aliphatic carbocycles. The van der Waals surface area contributed by atoms with Crippen molar-refractivity contribution in [3.05, 3.63) is 47.9 Å². The second-order valence-corrected chi connectivity index (χ2v) is 10.4. The van der Waals surface area contributed by atoms with Crippen molar-refractivity contribution >= 4 is 39.5 Å². The number of thioether (sulfide) groups is 1. The molecule has 0 saturated heterocycles. The van der Waals surface area contributed by atoms with Gasteiger partial charge < -0.3 is 20.5 Å². The molecule has 1 aromatic carbocycles. The first-order valence-electron chi connectivity index (χ1n) is 11.2. The molecule has 0 unspecified atom stereocenters. The first-order valence-corrected chi connectivity index (χ1v) is 12.0. The van der Waals surface area contributed by atoms with E-state index in [0.29, 0.717) is 34.4 Å². The number of aliphatic imine (C=N–C) groups is 1. The largest absolute Gasteiger partial charge is 0.479 e. The van der Waals surface area contributed by atoms with Gasteiger partial charge in [-0.1, -0.05) is 24.6 Å². The van der Waals surface area contributed by atoms with Crippen molar-refractivity contribution in [1.82, 2.24) is 15.0 Å². The van der Waals surface area contributed by atoms with Gasteiger partial charge in [-0.2, -0.15) is 0 Å². The summed E-state index contributed by atoms with van der Waals surface area (Å²) < 4.78 is 40.7. The number of benzene rings is 1. The summed E-state index contributed by atoms with van der Waals surface area (Å²) in [6, 6.07) is 4.29. The fourth-order valence-electron chi connectivity index (χ4n) is 5.33. The number of anilines is 2. The number of pyridine rings is 1. The summed E-state index contributed by atoms with van der Waals surface area (Å²) in [7, 11) is 1.62. The van der Waals surface area contributed by atoms with Crippen LogP contribution in [0, 0.1) is 35.8 Å². The maximum Gasteiger partial charge on any atom is 0.164 e. The van der Waals surface area contributed by atoms with Crippen molar-refractivity contribution in [2.45, 2.75) is 24.1 Å². The van der Waals surface area contributed by atoms with Gasteiger partial charge in [-0.25, -0.2) is 23.7 Å². The lowest BCUT2D eigenvalue weighted by Gasteiger charge is -2.34. The summed E-state index contributed by atoms with van der Waals surface area (Å²) in [6.45, 7) is 4.37. The number of fused-ring (bicyclic) bond motifs is 2. The van der Waals surface area contributed by atoms with Gasteiger partial charge in [-0.05, 0) is 18.9 Å². The maximum atomic E-state index is 15.3. The second-order valence-electron chi connectivity index (χ2n) is 9.05. The fourth-order valence-corrected chi connectivity index (χ4v) is 6.94. The van der Waals surface area contributed by atoms with Crippen molar-refractivity contribution < 1.29 is 18.3 Å². The van der Waals surface area contributed by atoms with Crippen molar-refractivity contribution in [3.63, 3.8) is 0 Å². The molecule has 1 aliphatic heterocycles. The summed E-state index contributed by atoms with van der Waals surface area (Å²) >= 11 is 1.44. The molecule has 186 valence electrons. The minimum atomic E-state index is -1.08. The van der Waals surface area contributed by atoms with E-state index < -0.39 is 17.2 Å². The van der Waals surface area contributed by atoms with Crippen molar-refractivity contribution in [2.75, 3.05) is 25.6 Å². The first kappa shape index (κ1) is 24.2. The summed E-state index contributed by atoms with van der Waals surface area (Å²) in [6.07, 6.45) is 8.07. The number of hydrogen-bond acceptors (Lipinski definition) is 9. The highest BCUT2D eigenvalue weighted by atomic mass is 32.2. The SMILES string of the molecule is C#CCOc1cnc2c(Nc3cc(F)c(F)c([C@@]4(C)N=C(N)S[C@]5(COC)[C@H]4[C@@H]5C)c3)ncnc2c1. The molecule has 2 aromatic heterocycles. The van der Waals surface area contributed by atoms with E-state index >= 15 is 4.39 Å². The van der Waals surface area contributed by atoms with Crippen LogP contribution in [-0.2, 0) is 10.3 Å². The van der Waals surface area contributed by atoms with Crippen LogP contribution in [0.15, 0.2) is 35.7 Å². The molecular formula is C25H24F2N6O2S. The fraction of sp³-hybridized carbons (Fsp3) is 0.360. The van der Waals surface area contributed by atoms with Crippen LogP contribution >= 0.6 is 11.8 Å². The molecule has 2 aliphatic rings. The smallest absolute Gasteiger partial charge is 0.164 e. The van der Waals surface area contributed by atoms with Crippen molar-refractivity contribution in [3.8, 4) is 18.1 Å². The van der Waals surface area contributed by atoms with E-state index in [0.717, 1.165) is 6.07 Å². The number of amidine groups is 1. The second kappa shape index (κ2) is 8.87. The predicted molar refractivity (Wildman–Crippen MR) is 135 cm³/mol. The average molecular weight is 511 g/mol. The van der Waals surface area contributed by atoms with Crippen LogP contribution in [0.2, 0.25) is 0 Å². The molecule has 0 amide bonds. The van der Waals surface area contributed by atoms with Crippen LogP contribution in [0.5, 0.6) is 5.75 Å². The van der Waals surface area contributed by atoms with E-state index in [2.05, 4.69) is 38.1 Å². The number of methoxy groups -OCH3 is 1. The van der Waals surface area contributed by atoms with E-state index in [-0.39, 0.29) is 34.4 Å². The topological polar surface area (TPSA) is 108 Å². The third kappa shape index (κ3) is 3.81. The minimum Gasteiger partial charge on any atom is -0.479 e. The first-order chi connectivity index (χ1) is 17.2. The number of terminal acetylenes is 1. The Balaban J connectivity index is 1.54. The summed E-state index contributed by atoms with van der Waals surface area (Å²) in [4.78, 5) is 17.4. The Kier molecular flexibility index (Phi) is 5.97. The molecule has 1 saturated carbocycles. The Morgan fingerprint density at radius 1 is 1.25 bits per heavy atom. The van der Waals surface area contributed by atoms with Crippen LogP contribution in [0.4, 0.5) is 20.3 Å². The summed E-state index contributed by atoms with van der Waals surface area (Å²) in [5, 5.41) is 3.38. The number of ether oxygens (including phenoxy) is 2. The molecule has 5 rings (SSSR count). The van der Waals surface area contributed by atoms with E-state index in [1.165, 1.54) is 24.3 Å². The Hall–Kier alpha value is -3.49. The molecule has 36 heavy (non-hydrogen) atoms. The number of aromatic nitrogens is 3. The highest BCUT2D eigenvalue weighted by Gasteiger charge is 2.72. The molecule has 4 atom stereocenters. The van der Waals surface area contributed by atoms with Crippen LogP contribution in [0.25, 0.3) is 11.0 Å². The number of nitrogens with two attached hydrogens (primary N) is 1. The zero-order chi connectivity index (χ0) is 25.7. The normalized spacial score (nSPS) is 26.6. The van der Waals surface area contributed by atoms with Gasteiger partial charge in [0.25, 0.3) is 0 Å². The monoisotopic (exact) mass is 510 g/mol. The van der Waals surface area contributed by atoms with Gasteiger partial charge in [-0.15, -0.1) is 6.42 Å². The molecule has 1 fully saturated rings. The van der Waals surface area contributed by atoms with E-state index in [9.17, 15) is 4.39 Å². The zero-order valence-corrected chi connectivity index (χ0v) is 20.7. The maximum absolute atomic E-state index is 15.3. The standard InChI is InChI=1S/C25H24F2N6O2S/c1-5-6-35-15-9-18-20(29-10-15)22(31-12-30-18)32-14-7-16(19(27)17(26)8-14)24(3)21-13(2)25(21,11-34-4)36-23(28)33-24/h1,7-10,12-13,21H,6,11H2,2-4H3,(H2,28,33)(H,30,31,32)/t13-,21-,24+,25-/m0/s1. The number of halogens is 2. The summed E-state index contributed by atoms with van der Waals surface area (Å²) in [5.41, 5.74) is 6.42. The third-order valence-corrected chi connectivity index (χ3v) is 8.33. The highest BCUT2D eigenvalue weighted by Crippen LogP contribution is 2.69. The number of nitrogens with one attached hydrogen (secondary N) is 1. The number of rotatable bonds is 7. The van der Waals surface area contributed by atoms with Gasteiger partial charge in [0.05, 0.1) is 28.6 Å². The van der Waals surface area contributed by atoms with Crippen LogP contribution < -0.4 is 15.8 Å². The van der Waals surface area contributed by atoms with Gasteiger partial charge in [0.1, 0.15) is 24.2 Å². The van der Waals surface area contributed by atoms with Crippen LogP contribution in [0.3, 0.4) is 0 Å². The van der Waals surface area contributed by atoms with E-state index in [4.69, 9.17) is 21.6 Å². The molecule has 0 spiro atoms. The van der Waals surface area contributed by atoms with Gasteiger partial charge in [-0.3, -0.25) is 4.99 Å². The van der Waals surface area contributed by atoms with Crippen molar-refractivity contribution in [2.24, 2.45) is 22.6 Å². The average Bonchev–Trinajstić information content (AvgIpc) is 3.43. The number of hydrogen-bond donors (Lipinski definition) is 2. The van der Waals surface area contributed by atoms with Gasteiger partial charge >= 0.3 is 0 Å². The molecule has 3 N–H and O–H groups in total. The minimum absolute atomic E-state index is 0.0885. The molecule has 3 aromatic rings. The Morgan fingerprint density at radius 2 is 2.06 bits per heavy atom. The molecule has 0 radical (unpaired) electrons. The highest BCUT2D eigenvalue weighted by molar-refractivity contribution is 8.15.